The van der Waals surface area contributed by atoms with Gasteiger partial charge in [0.05, 0.1) is 11.6 Å². The molecule has 2 atom stereocenters. The maximum absolute atomic E-state index is 13.1. The molecular weight excluding hydrogens is 309 g/mol. The van der Waals surface area contributed by atoms with E-state index in [0.29, 0.717) is 0 Å². The quantitative estimate of drug-likeness (QED) is 0.835. The predicted octanol–water partition coefficient (Wildman–Crippen LogP) is 1.72. The molecule has 0 aliphatic rings. The summed E-state index contributed by atoms with van der Waals surface area (Å²) in [6, 6.07) is 3.65. The first-order chi connectivity index (χ1) is 10.2. The van der Waals surface area contributed by atoms with Gasteiger partial charge in [-0.3, -0.25) is 9.59 Å². The Hall–Kier alpha value is -1.66. The summed E-state index contributed by atoms with van der Waals surface area (Å²) in [6.07, 6.45) is 0. The van der Waals surface area contributed by atoms with Gasteiger partial charge in [0.15, 0.2) is 0 Å². The Kier molecular flexibility index (Phi) is 6.77. The lowest BCUT2D eigenvalue weighted by Gasteiger charge is -2.19. The molecule has 0 unspecified atom stereocenters. The number of halogens is 2. The van der Waals surface area contributed by atoms with Crippen molar-refractivity contribution in [2.75, 3.05) is 20.6 Å². The highest BCUT2D eigenvalue weighted by Crippen LogP contribution is 2.20. The van der Waals surface area contributed by atoms with Crippen molar-refractivity contribution in [1.29, 1.82) is 0 Å². The molecule has 7 heteroatoms. The van der Waals surface area contributed by atoms with Gasteiger partial charge in [-0.2, -0.15) is 0 Å². The number of nitrogens with zero attached hydrogens (tertiary/aromatic N) is 1. The number of rotatable bonds is 6. The zero-order valence-electron chi connectivity index (χ0n) is 13.1. The van der Waals surface area contributed by atoms with Gasteiger partial charge in [-0.05, 0) is 31.5 Å². The normalized spacial score (nSPS) is 13.4. The molecule has 0 spiro atoms. The standard InChI is InChI=1S/C15H21ClFN3O2/c1-9(11-5-6-13(17)12(16)7-11)18-8-14(21)19-10(2)15(22)20(3)4/h5-7,9-10,18H,8H2,1-4H3,(H,19,21)/t9-,10+/m0/s1. The minimum Gasteiger partial charge on any atom is -0.347 e. The van der Waals surface area contributed by atoms with Gasteiger partial charge in [0, 0.05) is 20.1 Å². The third kappa shape index (κ3) is 5.27. The van der Waals surface area contributed by atoms with Crippen LogP contribution in [0.5, 0.6) is 0 Å². The zero-order valence-corrected chi connectivity index (χ0v) is 13.9. The van der Waals surface area contributed by atoms with E-state index in [4.69, 9.17) is 11.6 Å². The molecule has 0 saturated carbocycles. The van der Waals surface area contributed by atoms with Crippen LogP contribution in [0.15, 0.2) is 18.2 Å². The highest BCUT2D eigenvalue weighted by Gasteiger charge is 2.17. The van der Waals surface area contributed by atoms with E-state index in [9.17, 15) is 14.0 Å². The maximum Gasteiger partial charge on any atom is 0.244 e. The topological polar surface area (TPSA) is 61.4 Å². The Bertz CT molecular complexity index is 552. The minimum absolute atomic E-state index is 0.0424. The fraction of sp³-hybridized carbons (Fsp3) is 0.467. The smallest absolute Gasteiger partial charge is 0.244 e. The van der Waals surface area contributed by atoms with Crippen LogP contribution in [-0.4, -0.2) is 43.4 Å². The first kappa shape index (κ1) is 18.4. The molecule has 5 nitrogen and oxygen atoms in total. The Morgan fingerprint density at radius 2 is 1.95 bits per heavy atom. The van der Waals surface area contributed by atoms with Crippen LogP contribution in [0.3, 0.4) is 0 Å². The average Bonchev–Trinajstić information content (AvgIpc) is 2.46. The largest absolute Gasteiger partial charge is 0.347 e. The Balaban J connectivity index is 2.49. The van der Waals surface area contributed by atoms with E-state index in [1.807, 2.05) is 6.92 Å². The van der Waals surface area contributed by atoms with E-state index in [2.05, 4.69) is 10.6 Å². The SMILES string of the molecule is C[C@H](NCC(=O)N[C@H](C)C(=O)N(C)C)c1ccc(F)c(Cl)c1. The average molecular weight is 330 g/mol. The van der Waals surface area contributed by atoms with Crippen molar-refractivity contribution in [2.24, 2.45) is 0 Å². The van der Waals surface area contributed by atoms with Crippen molar-refractivity contribution < 1.29 is 14.0 Å². The van der Waals surface area contributed by atoms with Crippen LogP contribution in [0, 0.1) is 5.82 Å². The van der Waals surface area contributed by atoms with Gasteiger partial charge in [0.1, 0.15) is 11.9 Å². The first-order valence-corrected chi connectivity index (χ1v) is 7.29. The van der Waals surface area contributed by atoms with Crippen molar-refractivity contribution in [3.63, 3.8) is 0 Å². The maximum atomic E-state index is 13.1. The van der Waals surface area contributed by atoms with Gasteiger partial charge in [0.2, 0.25) is 11.8 Å². The highest BCUT2D eigenvalue weighted by molar-refractivity contribution is 6.30. The molecule has 1 aromatic rings. The van der Waals surface area contributed by atoms with Crippen LogP contribution in [-0.2, 0) is 9.59 Å². The number of carbonyl (C=O) groups excluding carboxylic acids is 2. The summed E-state index contributed by atoms with van der Waals surface area (Å²) in [5, 5.41) is 5.65. The van der Waals surface area contributed by atoms with Crippen molar-refractivity contribution in [1.82, 2.24) is 15.5 Å². The molecule has 0 aliphatic heterocycles. The van der Waals surface area contributed by atoms with E-state index in [1.54, 1.807) is 27.1 Å². The summed E-state index contributed by atoms with van der Waals surface area (Å²) in [5.74, 6) is -0.944. The second-order valence-corrected chi connectivity index (χ2v) is 5.71. The van der Waals surface area contributed by atoms with E-state index in [1.165, 1.54) is 17.0 Å². The number of nitrogens with one attached hydrogen (secondary N) is 2. The molecule has 122 valence electrons. The minimum atomic E-state index is -0.583. The molecular formula is C15H21ClFN3O2. The Morgan fingerprint density at radius 1 is 1.32 bits per heavy atom. The summed E-state index contributed by atoms with van der Waals surface area (Å²) in [4.78, 5) is 24.9. The van der Waals surface area contributed by atoms with E-state index < -0.39 is 11.9 Å². The number of benzene rings is 1. The van der Waals surface area contributed by atoms with Crippen LogP contribution < -0.4 is 10.6 Å². The molecule has 2 N–H and O–H groups in total. The Morgan fingerprint density at radius 3 is 2.50 bits per heavy atom. The second-order valence-electron chi connectivity index (χ2n) is 5.30. The van der Waals surface area contributed by atoms with Gasteiger partial charge in [-0.1, -0.05) is 17.7 Å². The molecule has 1 rings (SSSR count). The van der Waals surface area contributed by atoms with Crippen LogP contribution in [0.25, 0.3) is 0 Å². The molecule has 0 bridgehead atoms. The monoisotopic (exact) mass is 329 g/mol. The van der Waals surface area contributed by atoms with E-state index >= 15 is 0 Å². The number of likely N-dealkylation sites (N-methyl/N-ethyl adjacent to an activating group) is 1. The molecule has 0 radical (unpaired) electrons. The summed E-state index contributed by atoms with van der Waals surface area (Å²) >= 11 is 5.73. The fourth-order valence-corrected chi connectivity index (χ4v) is 2.08. The van der Waals surface area contributed by atoms with Crippen molar-refractivity contribution in [2.45, 2.75) is 25.9 Å². The van der Waals surface area contributed by atoms with Crippen LogP contribution in [0.2, 0.25) is 5.02 Å². The highest BCUT2D eigenvalue weighted by atomic mass is 35.5. The molecule has 0 aromatic heterocycles. The summed E-state index contributed by atoms with van der Waals surface area (Å²) in [5.41, 5.74) is 0.775. The molecule has 0 heterocycles. The van der Waals surface area contributed by atoms with E-state index in [0.717, 1.165) is 5.56 Å². The second kappa shape index (κ2) is 8.10. The van der Waals surface area contributed by atoms with Crippen molar-refractivity contribution in [3.05, 3.63) is 34.6 Å². The van der Waals surface area contributed by atoms with E-state index in [-0.39, 0.29) is 29.4 Å². The van der Waals surface area contributed by atoms with Gasteiger partial charge < -0.3 is 15.5 Å². The molecule has 0 aliphatic carbocycles. The van der Waals surface area contributed by atoms with Gasteiger partial charge in [0.25, 0.3) is 0 Å². The zero-order chi connectivity index (χ0) is 16.9. The summed E-state index contributed by atoms with van der Waals surface area (Å²) in [7, 11) is 3.26. The number of amides is 2. The summed E-state index contributed by atoms with van der Waals surface area (Å²) < 4.78 is 13.1. The molecule has 0 saturated heterocycles. The third-order valence-electron chi connectivity index (χ3n) is 3.20. The van der Waals surface area contributed by atoms with Crippen LogP contribution in [0.4, 0.5) is 4.39 Å². The number of carbonyl (C=O) groups is 2. The van der Waals surface area contributed by atoms with Crippen LogP contribution in [0.1, 0.15) is 25.5 Å². The predicted molar refractivity (Wildman–Crippen MR) is 84.1 cm³/mol. The van der Waals surface area contributed by atoms with Crippen LogP contribution >= 0.6 is 11.6 Å². The summed E-state index contributed by atoms with van der Waals surface area (Å²) in [6.45, 7) is 3.51. The number of hydrogen-bond acceptors (Lipinski definition) is 3. The first-order valence-electron chi connectivity index (χ1n) is 6.91. The van der Waals surface area contributed by atoms with Gasteiger partial charge in [-0.25, -0.2) is 4.39 Å². The lowest BCUT2D eigenvalue weighted by molar-refractivity contribution is -0.133. The van der Waals surface area contributed by atoms with Gasteiger partial charge >= 0.3 is 0 Å². The molecule has 0 fully saturated rings. The Labute approximate surface area is 134 Å². The lowest BCUT2D eigenvalue weighted by Crippen LogP contribution is -2.47. The third-order valence-corrected chi connectivity index (χ3v) is 3.49. The lowest BCUT2D eigenvalue weighted by atomic mass is 10.1. The molecule has 1 aromatic carbocycles. The molecule has 2 amide bonds. The van der Waals surface area contributed by atoms with Gasteiger partial charge in [-0.15, -0.1) is 0 Å². The molecule has 22 heavy (non-hydrogen) atoms. The fourth-order valence-electron chi connectivity index (χ4n) is 1.89. The number of hydrogen-bond donors (Lipinski definition) is 2. The van der Waals surface area contributed by atoms with Crippen molar-refractivity contribution >= 4 is 23.4 Å². The van der Waals surface area contributed by atoms with Crippen molar-refractivity contribution in [3.8, 4) is 0 Å².